The molecule has 1 aromatic heterocycles. The fourth-order valence-corrected chi connectivity index (χ4v) is 4.39. The Labute approximate surface area is 244 Å². The van der Waals surface area contributed by atoms with Crippen molar-refractivity contribution in [3.05, 3.63) is 78.0 Å². The predicted octanol–water partition coefficient (Wildman–Crippen LogP) is 5.44. The van der Waals surface area contributed by atoms with Crippen LogP contribution in [0.1, 0.15) is 15.9 Å². The van der Waals surface area contributed by atoms with Crippen molar-refractivity contribution < 1.29 is 28.5 Å². The van der Waals surface area contributed by atoms with Gasteiger partial charge in [-0.05, 0) is 61.0 Å². The summed E-state index contributed by atoms with van der Waals surface area (Å²) in [4.78, 5) is 24.6. The van der Waals surface area contributed by atoms with Gasteiger partial charge in [-0.3, -0.25) is 4.79 Å². The number of carbonyl (C=O) groups is 1. The third-order valence-corrected chi connectivity index (χ3v) is 6.64. The maximum atomic E-state index is 13.3. The van der Waals surface area contributed by atoms with E-state index in [4.69, 9.17) is 23.7 Å². The monoisotopic (exact) mass is 571 g/mol. The highest BCUT2D eigenvalue weighted by molar-refractivity contribution is 6.05. The van der Waals surface area contributed by atoms with Crippen molar-refractivity contribution in [1.29, 1.82) is 0 Å². The molecule has 1 aliphatic heterocycles. The molecule has 4 aromatic rings. The van der Waals surface area contributed by atoms with E-state index >= 15 is 0 Å². The average molecular weight is 572 g/mol. The van der Waals surface area contributed by atoms with Gasteiger partial charge in [-0.15, -0.1) is 0 Å². The van der Waals surface area contributed by atoms with E-state index in [1.807, 2.05) is 43.3 Å². The summed E-state index contributed by atoms with van der Waals surface area (Å²) in [5.74, 6) is 1.92. The lowest BCUT2D eigenvalue weighted by molar-refractivity contribution is 0.102. The quantitative estimate of drug-likeness (QED) is 0.255. The van der Waals surface area contributed by atoms with Gasteiger partial charge in [0.05, 0.1) is 40.7 Å². The topological polar surface area (TPSA) is 116 Å². The molecule has 0 aliphatic carbocycles. The molecule has 0 atom stereocenters. The number of amides is 1. The van der Waals surface area contributed by atoms with E-state index in [1.54, 1.807) is 31.4 Å². The van der Waals surface area contributed by atoms with Crippen LogP contribution in [0.2, 0.25) is 0 Å². The van der Waals surface area contributed by atoms with Crippen molar-refractivity contribution in [3.63, 3.8) is 0 Å². The number of benzene rings is 3. The number of morpholine rings is 1. The summed E-state index contributed by atoms with van der Waals surface area (Å²) in [7, 11) is 4.61. The molecule has 0 unspecified atom stereocenters. The fraction of sp³-hybridized carbons (Fsp3) is 0.258. The van der Waals surface area contributed by atoms with Gasteiger partial charge in [-0.1, -0.05) is 6.07 Å². The molecule has 0 saturated carbocycles. The Morgan fingerprint density at radius 1 is 0.881 bits per heavy atom. The number of rotatable bonds is 10. The number of methoxy groups -OCH3 is 3. The van der Waals surface area contributed by atoms with E-state index in [0.29, 0.717) is 28.6 Å². The number of ether oxygens (including phenoxy) is 5. The molecule has 1 aliphatic rings. The fourth-order valence-electron chi connectivity index (χ4n) is 4.39. The van der Waals surface area contributed by atoms with Crippen molar-refractivity contribution in [2.75, 3.05) is 63.2 Å². The minimum absolute atomic E-state index is 0.128. The number of carbonyl (C=O) groups excluding carboxylic acids is 1. The minimum atomic E-state index is -0.420. The van der Waals surface area contributed by atoms with Crippen LogP contribution in [0.25, 0.3) is 0 Å². The zero-order valence-electron chi connectivity index (χ0n) is 24.0. The van der Waals surface area contributed by atoms with Crippen LogP contribution in [-0.2, 0) is 4.74 Å². The van der Waals surface area contributed by atoms with Gasteiger partial charge in [0.15, 0.2) is 11.5 Å². The highest BCUT2D eigenvalue weighted by atomic mass is 16.5. The van der Waals surface area contributed by atoms with Crippen LogP contribution in [0.4, 0.5) is 23.0 Å². The minimum Gasteiger partial charge on any atom is -0.497 e. The Kier molecular flexibility index (Phi) is 8.88. The first-order valence-corrected chi connectivity index (χ1v) is 13.4. The molecule has 1 amide bonds. The normalized spacial score (nSPS) is 12.8. The summed E-state index contributed by atoms with van der Waals surface area (Å²) < 4.78 is 27.8. The first-order valence-electron chi connectivity index (χ1n) is 13.4. The van der Waals surface area contributed by atoms with Crippen molar-refractivity contribution in [2.45, 2.75) is 6.92 Å². The molecule has 1 saturated heterocycles. The lowest BCUT2D eigenvalue weighted by Gasteiger charge is -2.28. The second-order valence-electron chi connectivity index (χ2n) is 9.50. The van der Waals surface area contributed by atoms with Crippen LogP contribution in [0.5, 0.6) is 28.9 Å². The third-order valence-electron chi connectivity index (χ3n) is 6.64. The van der Waals surface area contributed by atoms with Crippen molar-refractivity contribution in [3.8, 4) is 28.9 Å². The van der Waals surface area contributed by atoms with Gasteiger partial charge in [0.25, 0.3) is 5.91 Å². The van der Waals surface area contributed by atoms with Crippen molar-refractivity contribution in [2.24, 2.45) is 0 Å². The highest BCUT2D eigenvalue weighted by Crippen LogP contribution is 2.35. The number of nitrogens with one attached hydrogen (secondary N) is 2. The van der Waals surface area contributed by atoms with Gasteiger partial charge >= 0.3 is 0 Å². The van der Waals surface area contributed by atoms with Gasteiger partial charge in [0.2, 0.25) is 11.8 Å². The molecule has 3 aromatic carbocycles. The Bertz CT molecular complexity index is 1520. The standard InChI is InChI=1S/C31H33N5O6/c1-20-5-10-27(28(15-20)40-4)42-30-26(34-29(37)21-16-24(38-2)18-25(17-21)39-3)19-32-31(35-30)33-22-6-8-23(9-7-22)36-11-13-41-14-12-36/h5-10,15-19H,11-14H2,1-4H3,(H,34,37)(H,32,33,35). The van der Waals surface area contributed by atoms with Crippen LogP contribution < -0.4 is 34.5 Å². The van der Waals surface area contributed by atoms with Crippen LogP contribution in [0, 0.1) is 6.92 Å². The third kappa shape index (κ3) is 6.81. The first kappa shape index (κ1) is 28.5. The molecule has 11 nitrogen and oxygen atoms in total. The molecule has 2 heterocycles. The Balaban J connectivity index is 1.42. The van der Waals surface area contributed by atoms with E-state index in [1.165, 1.54) is 20.4 Å². The molecule has 5 rings (SSSR count). The largest absolute Gasteiger partial charge is 0.497 e. The number of anilines is 4. The summed E-state index contributed by atoms with van der Waals surface area (Å²) in [5, 5.41) is 6.07. The lowest BCUT2D eigenvalue weighted by Crippen LogP contribution is -2.36. The van der Waals surface area contributed by atoms with Crippen LogP contribution in [-0.4, -0.2) is 63.5 Å². The molecule has 42 heavy (non-hydrogen) atoms. The van der Waals surface area contributed by atoms with Gasteiger partial charge < -0.3 is 39.2 Å². The zero-order chi connectivity index (χ0) is 29.5. The van der Waals surface area contributed by atoms with Gasteiger partial charge in [-0.25, -0.2) is 4.98 Å². The number of nitrogens with zero attached hydrogens (tertiary/aromatic N) is 3. The molecule has 11 heteroatoms. The summed E-state index contributed by atoms with van der Waals surface area (Å²) in [6.07, 6.45) is 1.49. The zero-order valence-corrected chi connectivity index (χ0v) is 24.0. The summed E-state index contributed by atoms with van der Waals surface area (Å²) in [6.45, 7) is 5.11. The summed E-state index contributed by atoms with van der Waals surface area (Å²) in [5.41, 5.74) is 3.51. The molecule has 0 spiro atoms. The van der Waals surface area contributed by atoms with Crippen LogP contribution >= 0.6 is 0 Å². The molecule has 2 N–H and O–H groups in total. The van der Waals surface area contributed by atoms with Gasteiger partial charge in [0.1, 0.15) is 17.2 Å². The van der Waals surface area contributed by atoms with Crippen molar-refractivity contribution in [1.82, 2.24) is 9.97 Å². The number of hydrogen-bond donors (Lipinski definition) is 2. The lowest BCUT2D eigenvalue weighted by atomic mass is 10.2. The van der Waals surface area contributed by atoms with E-state index in [2.05, 4.69) is 25.5 Å². The molecule has 0 radical (unpaired) electrons. The first-order chi connectivity index (χ1) is 20.4. The maximum Gasteiger partial charge on any atom is 0.256 e. The molecule has 1 fully saturated rings. The van der Waals surface area contributed by atoms with E-state index in [0.717, 1.165) is 43.2 Å². The second kappa shape index (κ2) is 13.1. The number of aryl methyl sites for hydroxylation is 1. The van der Waals surface area contributed by atoms with Gasteiger partial charge in [0, 0.05) is 36.1 Å². The highest BCUT2D eigenvalue weighted by Gasteiger charge is 2.18. The molecular weight excluding hydrogens is 538 g/mol. The van der Waals surface area contributed by atoms with E-state index in [9.17, 15) is 4.79 Å². The molecule has 0 bridgehead atoms. The summed E-state index contributed by atoms with van der Waals surface area (Å²) >= 11 is 0. The van der Waals surface area contributed by atoms with Crippen LogP contribution in [0.3, 0.4) is 0 Å². The van der Waals surface area contributed by atoms with Crippen molar-refractivity contribution >= 4 is 28.9 Å². The predicted molar refractivity (Wildman–Crippen MR) is 160 cm³/mol. The smallest absolute Gasteiger partial charge is 0.256 e. The van der Waals surface area contributed by atoms with E-state index in [-0.39, 0.29) is 17.5 Å². The number of hydrogen-bond acceptors (Lipinski definition) is 10. The molecule has 218 valence electrons. The second-order valence-corrected chi connectivity index (χ2v) is 9.50. The number of aromatic nitrogens is 2. The Hall–Kier alpha value is -5.03. The van der Waals surface area contributed by atoms with Crippen LogP contribution in [0.15, 0.2) is 66.9 Å². The van der Waals surface area contributed by atoms with E-state index < -0.39 is 5.91 Å². The summed E-state index contributed by atoms with van der Waals surface area (Å²) in [6, 6.07) is 18.4. The SMILES string of the molecule is COc1cc(OC)cc(C(=O)Nc2cnc(Nc3ccc(N4CCOCC4)cc3)nc2Oc2ccc(C)cc2OC)c1. The molecular formula is C31H33N5O6. The Morgan fingerprint density at radius 3 is 2.26 bits per heavy atom. The maximum absolute atomic E-state index is 13.3. The Morgan fingerprint density at radius 2 is 1.60 bits per heavy atom. The average Bonchev–Trinajstić information content (AvgIpc) is 3.03. The van der Waals surface area contributed by atoms with Gasteiger partial charge in [-0.2, -0.15) is 4.98 Å².